The zero-order chi connectivity index (χ0) is 18.9. The van der Waals surface area contributed by atoms with Crippen LogP contribution < -0.4 is 10.6 Å². The molecule has 0 aliphatic heterocycles. The van der Waals surface area contributed by atoms with Crippen molar-refractivity contribution in [2.24, 2.45) is 4.99 Å². The average molecular weight is 502 g/mol. The average Bonchev–Trinajstić information content (AvgIpc) is 2.64. The van der Waals surface area contributed by atoms with Gasteiger partial charge in [0.1, 0.15) is 5.82 Å². The minimum Gasteiger partial charge on any atom is -0.347 e. The number of hydrogen-bond donors (Lipinski definition) is 2. The number of anilines is 1. The summed E-state index contributed by atoms with van der Waals surface area (Å²) >= 11 is 1.71. The van der Waals surface area contributed by atoms with E-state index in [2.05, 4.69) is 39.9 Å². The van der Waals surface area contributed by atoms with Crippen LogP contribution >= 0.6 is 35.7 Å². The molecule has 0 heterocycles. The van der Waals surface area contributed by atoms with Crippen LogP contribution in [0.2, 0.25) is 0 Å². The quantitative estimate of drug-likeness (QED) is 0.273. The first-order valence-electron chi connectivity index (χ1n) is 8.12. The first-order valence-corrected chi connectivity index (χ1v) is 9.34. The van der Waals surface area contributed by atoms with Crippen LogP contribution in [-0.4, -0.2) is 43.7 Å². The van der Waals surface area contributed by atoms with E-state index in [1.165, 1.54) is 29.2 Å². The van der Waals surface area contributed by atoms with Gasteiger partial charge in [-0.3, -0.25) is 9.79 Å². The van der Waals surface area contributed by atoms with E-state index in [1.54, 1.807) is 18.8 Å². The van der Waals surface area contributed by atoms with Crippen molar-refractivity contribution in [2.45, 2.75) is 11.4 Å². The number of guanidine groups is 1. The van der Waals surface area contributed by atoms with Crippen molar-refractivity contribution in [2.75, 3.05) is 32.2 Å². The molecule has 2 rings (SSSR count). The van der Waals surface area contributed by atoms with Crippen LogP contribution in [0.1, 0.15) is 5.56 Å². The predicted octanol–water partition coefficient (Wildman–Crippen LogP) is 3.81. The molecule has 0 bridgehead atoms. The summed E-state index contributed by atoms with van der Waals surface area (Å²) in [6, 6.07) is 14.0. The van der Waals surface area contributed by atoms with Gasteiger partial charge in [0.25, 0.3) is 0 Å². The van der Waals surface area contributed by atoms with Crippen molar-refractivity contribution in [1.82, 2.24) is 10.2 Å². The number of nitrogens with zero attached hydrogens (tertiary/aromatic N) is 2. The fourth-order valence-electron chi connectivity index (χ4n) is 2.36. The van der Waals surface area contributed by atoms with Crippen molar-refractivity contribution in [3.63, 3.8) is 0 Å². The predicted molar refractivity (Wildman–Crippen MR) is 121 cm³/mol. The molecule has 5 nitrogen and oxygen atoms in total. The molecular weight excluding hydrogens is 478 g/mol. The maximum atomic E-state index is 12.9. The summed E-state index contributed by atoms with van der Waals surface area (Å²) in [5.74, 6) is 0.0531. The Bertz CT molecular complexity index is 753. The van der Waals surface area contributed by atoms with E-state index < -0.39 is 0 Å². The van der Waals surface area contributed by atoms with Gasteiger partial charge in [-0.1, -0.05) is 12.1 Å². The Balaban J connectivity index is 0.00000364. The van der Waals surface area contributed by atoms with Gasteiger partial charge in [0.2, 0.25) is 5.91 Å². The van der Waals surface area contributed by atoms with Gasteiger partial charge < -0.3 is 15.5 Å². The van der Waals surface area contributed by atoms with Crippen LogP contribution in [0.4, 0.5) is 10.1 Å². The highest BCUT2D eigenvalue weighted by atomic mass is 127. The molecule has 2 aromatic carbocycles. The van der Waals surface area contributed by atoms with Crippen molar-refractivity contribution < 1.29 is 9.18 Å². The Morgan fingerprint density at radius 1 is 1.15 bits per heavy atom. The van der Waals surface area contributed by atoms with Crippen molar-refractivity contribution in [3.05, 3.63) is 59.9 Å². The lowest BCUT2D eigenvalue weighted by Crippen LogP contribution is -2.42. The lowest BCUT2D eigenvalue weighted by atomic mass is 10.2. The number of halogens is 2. The van der Waals surface area contributed by atoms with E-state index in [1.807, 2.05) is 18.2 Å². The first kappa shape index (κ1) is 23.2. The fraction of sp³-hybridized carbons (Fsp3) is 0.263. The molecule has 1 amide bonds. The maximum Gasteiger partial charge on any atom is 0.243 e. The Morgan fingerprint density at radius 2 is 1.78 bits per heavy atom. The summed E-state index contributed by atoms with van der Waals surface area (Å²) in [5, 5.41) is 5.74. The lowest BCUT2D eigenvalue weighted by molar-refractivity contribution is -0.115. The summed E-state index contributed by atoms with van der Waals surface area (Å²) in [6.45, 7) is 0.744. The standard InChI is InChI=1S/C19H23FN4OS.HI/c1-21-19(24(2)13-14-4-10-17(26-3)11-5-14)22-12-18(25)23-16-8-6-15(20)7-9-16;/h4-11H,12-13H2,1-3H3,(H,21,22)(H,23,25);1H. The molecule has 0 aromatic heterocycles. The Morgan fingerprint density at radius 3 is 2.33 bits per heavy atom. The normalized spacial score (nSPS) is 10.7. The molecule has 0 unspecified atom stereocenters. The van der Waals surface area contributed by atoms with Crippen LogP contribution in [-0.2, 0) is 11.3 Å². The molecule has 27 heavy (non-hydrogen) atoms. The smallest absolute Gasteiger partial charge is 0.243 e. The number of carbonyl (C=O) groups is 1. The highest BCUT2D eigenvalue weighted by Gasteiger charge is 2.09. The van der Waals surface area contributed by atoms with E-state index in [0.717, 1.165) is 5.56 Å². The molecular formula is C19H24FIN4OS. The van der Waals surface area contributed by atoms with Gasteiger partial charge in [-0.15, -0.1) is 35.7 Å². The third-order valence-corrected chi connectivity index (χ3v) is 4.43. The van der Waals surface area contributed by atoms with E-state index >= 15 is 0 Å². The van der Waals surface area contributed by atoms with Crippen LogP contribution in [0.25, 0.3) is 0 Å². The molecule has 0 aliphatic rings. The molecule has 0 aliphatic carbocycles. The first-order chi connectivity index (χ1) is 12.5. The molecule has 2 aromatic rings. The van der Waals surface area contributed by atoms with E-state index in [-0.39, 0.29) is 42.2 Å². The maximum absolute atomic E-state index is 12.9. The summed E-state index contributed by atoms with van der Waals surface area (Å²) in [6.07, 6.45) is 2.05. The molecule has 0 spiro atoms. The molecule has 8 heteroatoms. The second-order valence-electron chi connectivity index (χ2n) is 5.66. The second kappa shape index (κ2) is 11.8. The number of aliphatic imine (C=N–C) groups is 1. The van der Waals surface area contributed by atoms with Crippen LogP contribution in [0.15, 0.2) is 58.4 Å². The Kier molecular flexibility index (Phi) is 10.2. The number of carbonyl (C=O) groups excluding carboxylic acids is 1. The third kappa shape index (κ3) is 7.76. The van der Waals surface area contributed by atoms with Gasteiger partial charge >= 0.3 is 0 Å². The lowest BCUT2D eigenvalue weighted by Gasteiger charge is -2.22. The van der Waals surface area contributed by atoms with Gasteiger partial charge in [-0.2, -0.15) is 0 Å². The number of nitrogens with one attached hydrogen (secondary N) is 2. The largest absolute Gasteiger partial charge is 0.347 e. The topological polar surface area (TPSA) is 56.7 Å². The SMILES string of the molecule is CN=C(NCC(=O)Nc1ccc(F)cc1)N(C)Cc1ccc(SC)cc1.I. The van der Waals surface area contributed by atoms with Crippen LogP contribution in [0.3, 0.4) is 0 Å². The highest BCUT2D eigenvalue weighted by Crippen LogP contribution is 2.15. The summed E-state index contributed by atoms with van der Waals surface area (Å²) < 4.78 is 12.9. The molecule has 0 saturated heterocycles. The second-order valence-corrected chi connectivity index (χ2v) is 6.54. The number of hydrogen-bond acceptors (Lipinski definition) is 3. The van der Waals surface area contributed by atoms with Crippen LogP contribution in [0, 0.1) is 5.82 Å². The van der Waals surface area contributed by atoms with Gasteiger partial charge in [0.05, 0.1) is 6.54 Å². The molecule has 2 N–H and O–H groups in total. The summed E-state index contributed by atoms with van der Waals surface area (Å²) in [5.41, 5.74) is 1.71. The number of rotatable bonds is 6. The zero-order valence-corrected chi connectivity index (χ0v) is 18.7. The molecule has 0 saturated carbocycles. The number of benzene rings is 2. The van der Waals surface area contributed by atoms with Gasteiger partial charge in [-0.25, -0.2) is 4.39 Å². The van der Waals surface area contributed by atoms with E-state index in [4.69, 9.17) is 0 Å². The van der Waals surface area contributed by atoms with Gasteiger partial charge in [0, 0.05) is 31.2 Å². The van der Waals surface area contributed by atoms with Crippen LogP contribution in [0.5, 0.6) is 0 Å². The van der Waals surface area contributed by atoms with Crippen molar-refractivity contribution in [1.29, 1.82) is 0 Å². The minimum atomic E-state index is -0.339. The molecule has 0 radical (unpaired) electrons. The zero-order valence-electron chi connectivity index (χ0n) is 15.5. The minimum absolute atomic E-state index is 0. The van der Waals surface area contributed by atoms with E-state index in [9.17, 15) is 9.18 Å². The number of thioether (sulfide) groups is 1. The molecule has 146 valence electrons. The Labute approximate surface area is 180 Å². The monoisotopic (exact) mass is 502 g/mol. The number of amides is 1. The highest BCUT2D eigenvalue weighted by molar-refractivity contribution is 14.0. The summed E-state index contributed by atoms with van der Waals surface area (Å²) in [4.78, 5) is 19.4. The third-order valence-electron chi connectivity index (χ3n) is 3.69. The van der Waals surface area contributed by atoms with Crippen molar-refractivity contribution in [3.8, 4) is 0 Å². The Hall–Kier alpha value is -1.81. The van der Waals surface area contributed by atoms with Gasteiger partial charge in [-0.05, 0) is 48.2 Å². The molecule has 0 fully saturated rings. The fourth-order valence-corrected chi connectivity index (χ4v) is 2.77. The molecule has 0 atom stereocenters. The van der Waals surface area contributed by atoms with Gasteiger partial charge in [0.15, 0.2) is 5.96 Å². The van der Waals surface area contributed by atoms with E-state index in [0.29, 0.717) is 18.2 Å². The van der Waals surface area contributed by atoms with Crippen molar-refractivity contribution >= 4 is 53.3 Å². The summed E-state index contributed by atoms with van der Waals surface area (Å²) in [7, 11) is 3.59.